The third-order valence-electron chi connectivity index (χ3n) is 3.34. The number of aliphatic imine (C=N–C) groups is 1. The van der Waals surface area contributed by atoms with Gasteiger partial charge in [0.25, 0.3) is 5.69 Å². The van der Waals surface area contributed by atoms with Crippen molar-refractivity contribution in [3.05, 3.63) is 68.5 Å². The minimum Gasteiger partial charge on any atom is -0.507 e. The van der Waals surface area contributed by atoms with Crippen LogP contribution in [-0.4, -0.2) is 21.2 Å². The van der Waals surface area contributed by atoms with E-state index in [1.165, 1.54) is 24.4 Å². The molecule has 0 aliphatic carbocycles. The smallest absolute Gasteiger partial charge is 0.270 e. The van der Waals surface area contributed by atoms with E-state index < -0.39 is 4.92 Å². The fourth-order valence-electron chi connectivity index (χ4n) is 2.14. The summed E-state index contributed by atoms with van der Waals surface area (Å²) in [6.07, 6.45) is 1.41. The Kier molecular flexibility index (Phi) is 4.35. The highest BCUT2D eigenvalue weighted by Crippen LogP contribution is 2.26. The first-order valence-electron chi connectivity index (χ1n) is 7.07. The SMILES string of the molecule is Cc1nc(-c2cccc(N=Cc3cc([N+](=O)[O-])ccc3O)c2)cs1. The van der Waals surface area contributed by atoms with Crippen molar-refractivity contribution >= 4 is 28.9 Å². The average Bonchev–Trinajstić information content (AvgIpc) is 3.01. The fraction of sp³-hybridized carbons (Fsp3) is 0.0588. The fourth-order valence-corrected chi connectivity index (χ4v) is 2.77. The summed E-state index contributed by atoms with van der Waals surface area (Å²) in [4.78, 5) is 19.0. The number of aryl methyl sites for hydroxylation is 1. The maximum atomic E-state index is 10.8. The Bertz CT molecular complexity index is 934. The second kappa shape index (κ2) is 6.59. The highest BCUT2D eigenvalue weighted by molar-refractivity contribution is 7.09. The first kappa shape index (κ1) is 15.8. The van der Waals surface area contributed by atoms with Crippen LogP contribution in [0, 0.1) is 17.0 Å². The number of hydrogen-bond acceptors (Lipinski definition) is 6. The molecule has 0 fully saturated rings. The molecule has 1 aromatic heterocycles. The van der Waals surface area contributed by atoms with Crippen LogP contribution in [0.25, 0.3) is 11.3 Å². The van der Waals surface area contributed by atoms with E-state index in [9.17, 15) is 15.2 Å². The number of nitro groups is 1. The molecule has 0 saturated carbocycles. The van der Waals surface area contributed by atoms with Crippen LogP contribution < -0.4 is 0 Å². The number of hydrogen-bond donors (Lipinski definition) is 1. The molecule has 0 radical (unpaired) electrons. The van der Waals surface area contributed by atoms with Gasteiger partial charge in [-0.2, -0.15) is 0 Å². The maximum Gasteiger partial charge on any atom is 0.270 e. The third-order valence-corrected chi connectivity index (χ3v) is 4.11. The number of thiazole rings is 1. The molecule has 0 aliphatic rings. The van der Waals surface area contributed by atoms with Crippen molar-refractivity contribution in [1.29, 1.82) is 0 Å². The van der Waals surface area contributed by atoms with Gasteiger partial charge < -0.3 is 5.11 Å². The largest absolute Gasteiger partial charge is 0.507 e. The molecule has 0 spiro atoms. The van der Waals surface area contributed by atoms with Gasteiger partial charge >= 0.3 is 0 Å². The molecule has 0 aliphatic heterocycles. The summed E-state index contributed by atoms with van der Waals surface area (Å²) in [7, 11) is 0. The number of nitro benzene ring substituents is 1. The van der Waals surface area contributed by atoms with Gasteiger partial charge in [0, 0.05) is 34.9 Å². The van der Waals surface area contributed by atoms with Crippen LogP contribution in [-0.2, 0) is 0 Å². The Morgan fingerprint density at radius 2 is 2.12 bits per heavy atom. The van der Waals surface area contributed by atoms with Crippen LogP contribution >= 0.6 is 11.3 Å². The van der Waals surface area contributed by atoms with Crippen molar-refractivity contribution in [3.8, 4) is 17.0 Å². The van der Waals surface area contributed by atoms with Crippen LogP contribution in [0.2, 0.25) is 0 Å². The summed E-state index contributed by atoms with van der Waals surface area (Å²) in [6, 6.07) is 11.3. The molecule has 2 aromatic carbocycles. The van der Waals surface area contributed by atoms with Crippen molar-refractivity contribution in [2.24, 2.45) is 4.99 Å². The highest BCUT2D eigenvalue weighted by atomic mass is 32.1. The number of phenols is 1. The predicted molar refractivity (Wildman–Crippen MR) is 94.3 cm³/mol. The maximum absolute atomic E-state index is 10.8. The van der Waals surface area contributed by atoms with Crippen LogP contribution in [0.4, 0.5) is 11.4 Å². The molecule has 24 heavy (non-hydrogen) atoms. The molecule has 0 atom stereocenters. The standard InChI is InChI=1S/C17H13N3O3S/c1-11-19-16(10-24-11)12-3-2-4-14(7-12)18-9-13-8-15(20(22)23)5-6-17(13)21/h2-10,21H,1H3. The lowest BCUT2D eigenvalue weighted by molar-refractivity contribution is -0.384. The van der Waals surface area contributed by atoms with Gasteiger partial charge in [-0.05, 0) is 25.1 Å². The molecule has 6 nitrogen and oxygen atoms in total. The van der Waals surface area contributed by atoms with Gasteiger partial charge in [-0.1, -0.05) is 12.1 Å². The Morgan fingerprint density at radius 3 is 2.83 bits per heavy atom. The monoisotopic (exact) mass is 339 g/mol. The first-order chi connectivity index (χ1) is 11.5. The summed E-state index contributed by atoms with van der Waals surface area (Å²) in [6.45, 7) is 1.95. The Balaban J connectivity index is 1.90. The van der Waals surface area contributed by atoms with Crippen molar-refractivity contribution in [2.75, 3.05) is 0 Å². The van der Waals surface area contributed by atoms with Crippen molar-refractivity contribution in [3.63, 3.8) is 0 Å². The van der Waals surface area contributed by atoms with Crippen molar-refractivity contribution in [2.45, 2.75) is 6.92 Å². The number of aromatic nitrogens is 1. The van der Waals surface area contributed by atoms with E-state index in [0.717, 1.165) is 16.3 Å². The number of benzene rings is 2. The van der Waals surface area contributed by atoms with Gasteiger partial charge in [0.05, 0.1) is 21.3 Å². The zero-order chi connectivity index (χ0) is 17.1. The number of rotatable bonds is 4. The van der Waals surface area contributed by atoms with Gasteiger partial charge in [-0.25, -0.2) is 4.98 Å². The van der Waals surface area contributed by atoms with Gasteiger partial charge in [0.2, 0.25) is 0 Å². The van der Waals surface area contributed by atoms with Crippen LogP contribution in [0.5, 0.6) is 5.75 Å². The zero-order valence-corrected chi connectivity index (χ0v) is 13.5. The summed E-state index contributed by atoms with van der Waals surface area (Å²) in [5, 5.41) is 23.6. The summed E-state index contributed by atoms with van der Waals surface area (Å²) in [5.41, 5.74) is 2.69. The van der Waals surface area contributed by atoms with Gasteiger partial charge in [0.1, 0.15) is 5.75 Å². The molecular weight excluding hydrogens is 326 g/mol. The molecule has 7 heteroatoms. The van der Waals surface area contributed by atoms with Crippen LogP contribution in [0.15, 0.2) is 52.8 Å². The van der Waals surface area contributed by atoms with E-state index in [-0.39, 0.29) is 11.4 Å². The summed E-state index contributed by atoms with van der Waals surface area (Å²) < 4.78 is 0. The quantitative estimate of drug-likeness (QED) is 0.431. The normalized spacial score (nSPS) is 11.0. The Labute approximate surface area is 141 Å². The van der Waals surface area contributed by atoms with Gasteiger partial charge in [-0.15, -0.1) is 11.3 Å². The van der Waals surface area contributed by atoms with Gasteiger partial charge in [0.15, 0.2) is 0 Å². The molecule has 0 unspecified atom stereocenters. The number of phenolic OH excluding ortho intramolecular Hbond substituents is 1. The second-order valence-electron chi connectivity index (χ2n) is 5.06. The first-order valence-corrected chi connectivity index (χ1v) is 7.95. The Hall–Kier alpha value is -3.06. The molecule has 0 amide bonds. The van der Waals surface area contributed by atoms with E-state index in [1.807, 2.05) is 36.6 Å². The summed E-state index contributed by atoms with van der Waals surface area (Å²) >= 11 is 1.58. The minimum absolute atomic E-state index is 0.0596. The van der Waals surface area contributed by atoms with E-state index in [1.54, 1.807) is 11.3 Å². The molecule has 1 heterocycles. The third kappa shape index (κ3) is 3.47. The Morgan fingerprint density at radius 1 is 1.29 bits per heavy atom. The van der Waals surface area contributed by atoms with Gasteiger partial charge in [-0.3, -0.25) is 15.1 Å². The molecule has 0 saturated heterocycles. The molecule has 1 N–H and O–H groups in total. The lowest BCUT2D eigenvalue weighted by atomic mass is 10.1. The van der Waals surface area contributed by atoms with E-state index >= 15 is 0 Å². The van der Waals surface area contributed by atoms with Crippen LogP contribution in [0.3, 0.4) is 0 Å². The highest BCUT2D eigenvalue weighted by Gasteiger charge is 2.09. The molecule has 120 valence electrons. The van der Waals surface area contributed by atoms with Crippen molar-refractivity contribution < 1.29 is 10.0 Å². The zero-order valence-electron chi connectivity index (χ0n) is 12.7. The second-order valence-corrected chi connectivity index (χ2v) is 6.12. The average molecular weight is 339 g/mol. The van der Waals surface area contributed by atoms with Crippen molar-refractivity contribution in [1.82, 2.24) is 4.98 Å². The number of nitrogens with zero attached hydrogens (tertiary/aromatic N) is 3. The van der Waals surface area contributed by atoms with E-state index in [0.29, 0.717) is 11.3 Å². The predicted octanol–water partition coefficient (Wildman–Crippen LogP) is 4.48. The lowest BCUT2D eigenvalue weighted by Crippen LogP contribution is -1.90. The molecule has 3 rings (SSSR count). The number of aromatic hydroxyl groups is 1. The molecule has 3 aromatic rings. The molecule has 0 bridgehead atoms. The lowest BCUT2D eigenvalue weighted by Gasteiger charge is -2.00. The number of non-ortho nitro benzene ring substituents is 1. The molecular formula is C17H13N3O3S. The topological polar surface area (TPSA) is 88.6 Å². The van der Waals surface area contributed by atoms with E-state index in [2.05, 4.69) is 9.98 Å². The minimum atomic E-state index is -0.512. The van der Waals surface area contributed by atoms with Crippen LogP contribution in [0.1, 0.15) is 10.6 Å². The summed E-state index contributed by atoms with van der Waals surface area (Å²) in [5.74, 6) is -0.0596. The van der Waals surface area contributed by atoms with E-state index in [4.69, 9.17) is 0 Å².